The molecule has 0 spiro atoms. The van der Waals surface area contributed by atoms with E-state index >= 15 is 0 Å². The second-order valence-corrected chi connectivity index (χ2v) is 7.71. The summed E-state index contributed by atoms with van der Waals surface area (Å²) in [5.74, 6) is 0.777. The lowest BCUT2D eigenvalue weighted by Gasteiger charge is -2.29. The molecule has 6 heteroatoms. The molecule has 0 radical (unpaired) electrons. The van der Waals surface area contributed by atoms with E-state index in [0.717, 1.165) is 48.5 Å². The number of likely N-dealkylation sites (tertiary alicyclic amines) is 1. The number of nitrogens with zero attached hydrogens (tertiary/aromatic N) is 4. The third-order valence-corrected chi connectivity index (χ3v) is 5.90. The van der Waals surface area contributed by atoms with Gasteiger partial charge in [-0.2, -0.15) is 0 Å². The normalized spacial score (nSPS) is 20.0. The van der Waals surface area contributed by atoms with Crippen LogP contribution < -0.4 is 0 Å². The van der Waals surface area contributed by atoms with Gasteiger partial charge in [-0.15, -0.1) is 0 Å². The van der Waals surface area contributed by atoms with E-state index in [-0.39, 0.29) is 23.8 Å². The lowest BCUT2D eigenvalue weighted by atomic mass is 9.99. The summed E-state index contributed by atoms with van der Waals surface area (Å²) >= 11 is 0. The Balaban J connectivity index is 1.54. The van der Waals surface area contributed by atoms with Gasteiger partial charge in [-0.3, -0.25) is 9.59 Å². The Labute approximate surface area is 165 Å². The summed E-state index contributed by atoms with van der Waals surface area (Å²) in [5, 5.41) is 0. The molecule has 3 heterocycles. The van der Waals surface area contributed by atoms with Crippen molar-refractivity contribution in [1.29, 1.82) is 0 Å². The van der Waals surface area contributed by atoms with Crippen molar-refractivity contribution in [3.63, 3.8) is 0 Å². The van der Waals surface area contributed by atoms with E-state index in [2.05, 4.69) is 4.98 Å². The highest BCUT2D eigenvalue weighted by Gasteiger charge is 2.35. The summed E-state index contributed by atoms with van der Waals surface area (Å²) < 4.78 is 0. The predicted molar refractivity (Wildman–Crippen MR) is 105 cm³/mol. The molecule has 1 aromatic carbocycles. The molecule has 0 unspecified atom stereocenters. The number of hydrogen-bond acceptors (Lipinski definition) is 4. The Hall–Kier alpha value is -2.76. The van der Waals surface area contributed by atoms with Crippen molar-refractivity contribution in [2.45, 2.75) is 51.6 Å². The van der Waals surface area contributed by atoms with Crippen molar-refractivity contribution >= 4 is 11.8 Å². The minimum absolute atomic E-state index is 0.0604. The molecule has 2 aliphatic heterocycles. The van der Waals surface area contributed by atoms with Gasteiger partial charge in [0.25, 0.3) is 0 Å². The van der Waals surface area contributed by atoms with Crippen LogP contribution in [0.5, 0.6) is 0 Å². The van der Waals surface area contributed by atoms with E-state index in [1.165, 1.54) is 0 Å². The molecule has 0 bridgehead atoms. The molecule has 2 aromatic rings. The van der Waals surface area contributed by atoms with E-state index in [1.807, 2.05) is 53.3 Å². The van der Waals surface area contributed by atoms with Crippen molar-refractivity contribution in [2.75, 3.05) is 13.1 Å². The van der Waals surface area contributed by atoms with Crippen molar-refractivity contribution in [1.82, 2.24) is 19.8 Å². The van der Waals surface area contributed by atoms with Gasteiger partial charge in [0.15, 0.2) is 5.82 Å². The second-order valence-electron chi connectivity index (χ2n) is 7.71. The molecule has 0 N–H and O–H groups in total. The van der Waals surface area contributed by atoms with E-state index in [9.17, 15) is 9.59 Å². The molecule has 1 fully saturated rings. The van der Waals surface area contributed by atoms with Crippen molar-refractivity contribution in [3.05, 3.63) is 59.2 Å². The van der Waals surface area contributed by atoms with E-state index in [1.54, 1.807) is 6.92 Å². The highest BCUT2D eigenvalue weighted by molar-refractivity contribution is 5.84. The van der Waals surface area contributed by atoms with Crippen molar-refractivity contribution < 1.29 is 9.59 Å². The second kappa shape index (κ2) is 7.70. The minimum Gasteiger partial charge on any atom is -0.338 e. The molecule has 28 heavy (non-hydrogen) atoms. The van der Waals surface area contributed by atoms with Crippen molar-refractivity contribution in [2.24, 2.45) is 0 Å². The highest BCUT2D eigenvalue weighted by Crippen LogP contribution is 2.33. The maximum atomic E-state index is 13.2. The first-order valence-corrected chi connectivity index (χ1v) is 10.00. The van der Waals surface area contributed by atoms with Gasteiger partial charge in [0.05, 0.1) is 17.7 Å². The number of rotatable bonds is 3. The average molecular weight is 378 g/mol. The largest absolute Gasteiger partial charge is 0.338 e. The topological polar surface area (TPSA) is 66.4 Å². The zero-order valence-electron chi connectivity index (χ0n) is 16.5. The fourth-order valence-electron chi connectivity index (χ4n) is 4.19. The molecule has 6 nitrogen and oxygen atoms in total. The Kier molecular flexibility index (Phi) is 5.11. The first kappa shape index (κ1) is 18.6. The first-order valence-electron chi connectivity index (χ1n) is 10.00. The van der Waals surface area contributed by atoms with Crippen LogP contribution in [0.15, 0.2) is 36.5 Å². The molecule has 0 aliphatic carbocycles. The molecule has 1 aromatic heterocycles. The third-order valence-electron chi connectivity index (χ3n) is 5.90. The van der Waals surface area contributed by atoms with Crippen LogP contribution in [0.4, 0.5) is 0 Å². The Morgan fingerprint density at radius 2 is 1.96 bits per heavy atom. The third kappa shape index (κ3) is 3.51. The average Bonchev–Trinajstić information content (AvgIpc) is 3.22. The zero-order chi connectivity index (χ0) is 19.7. The van der Waals surface area contributed by atoms with Crippen LogP contribution in [0.1, 0.15) is 61.3 Å². The number of benzene rings is 1. The molecular weight excluding hydrogens is 352 g/mol. The van der Waals surface area contributed by atoms with Crippen LogP contribution in [0.2, 0.25) is 0 Å². The van der Waals surface area contributed by atoms with Crippen LogP contribution >= 0.6 is 0 Å². The lowest BCUT2D eigenvalue weighted by Crippen LogP contribution is -2.36. The van der Waals surface area contributed by atoms with E-state index in [0.29, 0.717) is 13.1 Å². The number of amides is 2. The fourth-order valence-corrected chi connectivity index (χ4v) is 4.19. The maximum Gasteiger partial charge on any atom is 0.230 e. The van der Waals surface area contributed by atoms with Crippen LogP contribution in [0.25, 0.3) is 0 Å². The van der Waals surface area contributed by atoms with Gasteiger partial charge in [0.1, 0.15) is 0 Å². The van der Waals surface area contributed by atoms with Gasteiger partial charge in [-0.1, -0.05) is 30.3 Å². The summed E-state index contributed by atoms with van der Waals surface area (Å²) in [6.45, 7) is 5.58. The van der Waals surface area contributed by atoms with Crippen LogP contribution in [-0.2, 0) is 22.6 Å². The lowest BCUT2D eigenvalue weighted by molar-refractivity contribution is -0.133. The smallest absolute Gasteiger partial charge is 0.230 e. The van der Waals surface area contributed by atoms with Crippen LogP contribution in [0.3, 0.4) is 0 Å². The summed E-state index contributed by atoms with van der Waals surface area (Å²) in [4.78, 5) is 38.0. The minimum atomic E-state index is -0.177. The molecule has 1 saturated heterocycles. The molecule has 2 atom stereocenters. The SMILES string of the molecule is CC(=O)N1CCc2nc([C@@H]3CCCN3C(=O)[C@@H](C)c3ccccc3)ncc2C1. The monoisotopic (exact) mass is 378 g/mol. The van der Waals surface area contributed by atoms with Gasteiger partial charge < -0.3 is 9.80 Å². The Morgan fingerprint density at radius 1 is 1.18 bits per heavy atom. The van der Waals surface area contributed by atoms with Crippen LogP contribution in [-0.4, -0.2) is 44.7 Å². The number of hydrogen-bond donors (Lipinski definition) is 0. The molecule has 146 valence electrons. The Morgan fingerprint density at radius 3 is 2.71 bits per heavy atom. The number of aromatic nitrogens is 2. The molecular formula is C22H26N4O2. The van der Waals surface area contributed by atoms with E-state index < -0.39 is 0 Å². The number of fused-ring (bicyclic) bond motifs is 1. The molecule has 2 aliphatic rings. The summed E-state index contributed by atoms with van der Waals surface area (Å²) in [7, 11) is 0. The van der Waals surface area contributed by atoms with Gasteiger partial charge in [-0.05, 0) is 25.3 Å². The van der Waals surface area contributed by atoms with Gasteiger partial charge in [-0.25, -0.2) is 9.97 Å². The van der Waals surface area contributed by atoms with E-state index in [4.69, 9.17) is 4.98 Å². The predicted octanol–water partition coefficient (Wildman–Crippen LogP) is 2.85. The molecule has 0 saturated carbocycles. The van der Waals surface area contributed by atoms with Crippen LogP contribution in [0, 0.1) is 0 Å². The van der Waals surface area contributed by atoms with Gasteiger partial charge in [0.2, 0.25) is 11.8 Å². The summed E-state index contributed by atoms with van der Waals surface area (Å²) in [6, 6.07) is 9.85. The number of carbonyl (C=O) groups excluding carboxylic acids is 2. The van der Waals surface area contributed by atoms with Crippen molar-refractivity contribution in [3.8, 4) is 0 Å². The zero-order valence-corrected chi connectivity index (χ0v) is 16.5. The molecule has 2 amide bonds. The fraction of sp³-hybridized carbons (Fsp3) is 0.455. The Bertz CT molecular complexity index is 883. The van der Waals surface area contributed by atoms with Gasteiger partial charge >= 0.3 is 0 Å². The van der Waals surface area contributed by atoms with Gasteiger partial charge in [0, 0.05) is 44.7 Å². The first-order chi connectivity index (χ1) is 13.5. The highest BCUT2D eigenvalue weighted by atomic mass is 16.2. The summed E-state index contributed by atoms with van der Waals surface area (Å²) in [6.07, 6.45) is 4.45. The summed E-state index contributed by atoms with van der Waals surface area (Å²) in [5.41, 5.74) is 3.06. The molecule has 4 rings (SSSR count). The quantitative estimate of drug-likeness (QED) is 0.824. The standard InChI is InChI=1S/C22H26N4O2/c1-15(17-7-4-3-5-8-17)22(28)26-11-6-9-20(26)21-23-13-18-14-25(16(2)27)12-10-19(18)24-21/h3-5,7-8,13,15,20H,6,9-12,14H2,1-2H3/t15-,20-/m0/s1. The maximum absolute atomic E-state index is 13.2. The number of carbonyl (C=O) groups is 2.